The molecule has 7 aliphatic rings. The van der Waals surface area contributed by atoms with E-state index in [1.807, 2.05) is 13.8 Å². The zero-order valence-corrected chi connectivity index (χ0v) is 29.2. The molecule has 20 atom stereocenters. The summed E-state index contributed by atoms with van der Waals surface area (Å²) >= 11 is 6.52. The first-order valence-electron chi connectivity index (χ1n) is 17.0. The molecule has 7 rings (SSSR count). The Hall–Kier alpha value is -2.03. The largest absolute Gasteiger partial charge is 0.462 e. The molecular weight excluding hydrogens is 652 g/mol. The topological polar surface area (TPSA) is 199 Å². The molecule has 0 aromatic carbocycles. The van der Waals surface area contributed by atoms with Crippen molar-refractivity contribution in [2.24, 2.45) is 57.7 Å². The number of epoxide rings is 1. The number of ether oxygens (including phenoxy) is 5. The molecule has 0 radical (unpaired) electrons. The van der Waals surface area contributed by atoms with E-state index >= 15 is 0 Å². The van der Waals surface area contributed by atoms with Crippen molar-refractivity contribution in [3.8, 4) is 0 Å². The van der Waals surface area contributed by atoms with Gasteiger partial charge in [0.2, 0.25) is 5.79 Å². The first-order chi connectivity index (χ1) is 22.1. The highest BCUT2D eigenvalue weighted by Crippen LogP contribution is 2.81. The van der Waals surface area contributed by atoms with Gasteiger partial charge in [0.05, 0.1) is 29.1 Å². The molecule has 4 N–H and O–H groups in total. The van der Waals surface area contributed by atoms with Crippen LogP contribution >= 0.6 is 11.6 Å². The van der Waals surface area contributed by atoms with Gasteiger partial charge >= 0.3 is 23.9 Å². The van der Waals surface area contributed by atoms with Crippen molar-refractivity contribution in [1.29, 1.82) is 0 Å². The quantitative estimate of drug-likeness (QED) is 0.141. The summed E-state index contributed by atoms with van der Waals surface area (Å²) in [4.78, 5) is 52.5. The van der Waals surface area contributed by atoms with Crippen LogP contribution in [0.3, 0.4) is 0 Å². The van der Waals surface area contributed by atoms with E-state index in [2.05, 4.69) is 0 Å². The predicted octanol–water partition coefficient (Wildman–Crippen LogP) is 1.07. The summed E-state index contributed by atoms with van der Waals surface area (Å²) in [5.74, 6) is -9.28. The maximum atomic E-state index is 13.4. The third-order valence-corrected chi connectivity index (χ3v) is 15.1. The van der Waals surface area contributed by atoms with Crippen LogP contribution in [0.15, 0.2) is 0 Å². The van der Waals surface area contributed by atoms with E-state index in [1.165, 1.54) is 27.7 Å². The molecule has 1 spiro atoms. The Labute approximate surface area is 283 Å². The number of fused-ring (bicyclic) bond motifs is 8. The summed E-state index contributed by atoms with van der Waals surface area (Å²) in [7, 11) is 0. The zero-order chi connectivity index (χ0) is 35.4. The molecule has 0 aromatic heterocycles. The molecule has 2 saturated heterocycles. The number of esters is 4. The van der Waals surface area contributed by atoms with Crippen LogP contribution in [-0.2, 0) is 42.9 Å². The standard InChI is InChI=1S/C34H47ClO13/c1-11-19-22(32(7)33(8,43)29(42)48-34(32)27(11)47-34)24(44-12(2)36)20-18-17(39)10-15-9-16(35)23(40)26(41)30(15,5)21(18)25(45-13(3)37)28(31(19,20)6)46-14(4)38/h11,15-28,39-41,43H,9-10H2,1-8H3/t11-,15+,16+,17-,18?,19-,20+,21?,22-,23-,24+,25-,26-,27+,28-,30-,31+,32-,33+,34-/m0/s1. The van der Waals surface area contributed by atoms with E-state index in [4.69, 9.17) is 35.3 Å². The van der Waals surface area contributed by atoms with Gasteiger partial charge in [0.15, 0.2) is 5.60 Å². The predicted molar refractivity (Wildman–Crippen MR) is 162 cm³/mol. The molecule has 5 saturated carbocycles. The lowest BCUT2D eigenvalue weighted by Gasteiger charge is -2.67. The SMILES string of the molecule is CC(=O)O[C@H]1[C@@H]2[C@H]([C@H](C)[C@H]3O[C@]34OC(=O)[C@@](C)(O)[C@]24C)[C@]2(C)[C@@H]1C1C([C@H](OC(C)=O)[C@@H]2OC(C)=O)[C@]2(C)[C@H](C[C@@H](Cl)[C@H](O)[C@@H]2O)C[C@@H]1O. The second-order valence-corrected chi connectivity index (χ2v) is 17.1. The first-order valence-corrected chi connectivity index (χ1v) is 17.4. The smallest absolute Gasteiger partial charge is 0.341 e. The molecule has 0 aromatic rings. The molecule has 2 unspecified atom stereocenters. The first kappa shape index (κ1) is 34.4. The lowest BCUT2D eigenvalue weighted by atomic mass is 9.41. The lowest BCUT2D eigenvalue weighted by molar-refractivity contribution is -0.289. The van der Waals surface area contributed by atoms with Crippen LogP contribution in [0.1, 0.15) is 68.2 Å². The monoisotopic (exact) mass is 698 g/mol. The van der Waals surface area contributed by atoms with Gasteiger partial charge in [0, 0.05) is 49.4 Å². The Balaban J connectivity index is 1.52. The van der Waals surface area contributed by atoms with Crippen molar-refractivity contribution in [1.82, 2.24) is 0 Å². The molecule has 0 bridgehead atoms. The van der Waals surface area contributed by atoms with Gasteiger partial charge in [-0.1, -0.05) is 20.8 Å². The number of rotatable bonds is 3. The Bertz CT molecular complexity index is 1450. The van der Waals surface area contributed by atoms with Gasteiger partial charge in [-0.25, -0.2) is 4.79 Å². The fraction of sp³-hybridized carbons (Fsp3) is 0.882. The minimum atomic E-state index is -2.10. The Morgan fingerprint density at radius 1 is 0.833 bits per heavy atom. The third-order valence-electron chi connectivity index (χ3n) is 14.6. The highest BCUT2D eigenvalue weighted by molar-refractivity contribution is 6.21. The van der Waals surface area contributed by atoms with E-state index in [9.17, 15) is 39.6 Å². The summed E-state index contributed by atoms with van der Waals surface area (Å²) < 4.78 is 30.7. The number of hydrogen-bond acceptors (Lipinski definition) is 13. The summed E-state index contributed by atoms with van der Waals surface area (Å²) in [6, 6.07) is 0. The van der Waals surface area contributed by atoms with Gasteiger partial charge in [-0.15, -0.1) is 11.6 Å². The van der Waals surface area contributed by atoms with Gasteiger partial charge in [-0.05, 0) is 50.4 Å². The summed E-state index contributed by atoms with van der Waals surface area (Å²) in [5, 5.41) is 46.5. The minimum absolute atomic E-state index is 0.173. The molecule has 5 aliphatic carbocycles. The highest BCUT2D eigenvalue weighted by Gasteiger charge is 2.93. The average Bonchev–Trinajstić information content (AvgIpc) is 3.62. The number of hydrogen-bond donors (Lipinski definition) is 4. The van der Waals surface area contributed by atoms with E-state index in [0.717, 1.165) is 0 Å². The molecule has 268 valence electrons. The van der Waals surface area contributed by atoms with Crippen LogP contribution in [0.4, 0.5) is 0 Å². The summed E-state index contributed by atoms with van der Waals surface area (Å²) in [6.07, 6.45) is -7.62. The molecule has 48 heavy (non-hydrogen) atoms. The average molecular weight is 699 g/mol. The molecule has 0 amide bonds. The molecule has 7 fully saturated rings. The van der Waals surface area contributed by atoms with Gasteiger partial charge in [-0.2, -0.15) is 0 Å². The van der Waals surface area contributed by atoms with Crippen molar-refractivity contribution in [3.63, 3.8) is 0 Å². The van der Waals surface area contributed by atoms with E-state index in [-0.39, 0.29) is 12.8 Å². The zero-order valence-electron chi connectivity index (χ0n) is 28.4. The minimum Gasteiger partial charge on any atom is -0.462 e. The maximum Gasteiger partial charge on any atom is 0.341 e. The van der Waals surface area contributed by atoms with Gasteiger partial charge < -0.3 is 44.1 Å². The van der Waals surface area contributed by atoms with Crippen LogP contribution < -0.4 is 0 Å². The summed E-state index contributed by atoms with van der Waals surface area (Å²) in [6.45, 7) is 12.3. The van der Waals surface area contributed by atoms with Crippen molar-refractivity contribution in [2.75, 3.05) is 0 Å². The van der Waals surface area contributed by atoms with Crippen LogP contribution in [0, 0.1) is 57.7 Å². The maximum absolute atomic E-state index is 13.4. The number of carbonyl (C=O) groups is 4. The van der Waals surface area contributed by atoms with E-state index < -0.39 is 141 Å². The second-order valence-electron chi connectivity index (χ2n) is 16.5. The van der Waals surface area contributed by atoms with Gasteiger partial charge in [0.1, 0.15) is 24.4 Å². The van der Waals surface area contributed by atoms with Crippen LogP contribution in [0.2, 0.25) is 0 Å². The number of carbonyl (C=O) groups excluding carboxylic acids is 4. The van der Waals surface area contributed by atoms with Crippen LogP contribution in [0.5, 0.6) is 0 Å². The van der Waals surface area contributed by atoms with Gasteiger partial charge in [-0.3, -0.25) is 14.4 Å². The molecular formula is C34H47ClO13. The lowest BCUT2D eigenvalue weighted by Crippen LogP contribution is -2.73. The number of alkyl halides is 1. The fourth-order valence-corrected chi connectivity index (χ4v) is 13.1. The Morgan fingerprint density at radius 2 is 1.40 bits per heavy atom. The second kappa shape index (κ2) is 10.3. The normalized spacial score (nSPS) is 58.9. The van der Waals surface area contributed by atoms with Crippen molar-refractivity contribution in [2.45, 2.75) is 128 Å². The third kappa shape index (κ3) is 3.81. The van der Waals surface area contributed by atoms with E-state index in [1.54, 1.807) is 13.8 Å². The summed E-state index contributed by atoms with van der Waals surface area (Å²) in [5.41, 5.74) is -6.02. The fourth-order valence-electron chi connectivity index (χ4n) is 12.7. The molecule has 13 nitrogen and oxygen atoms in total. The number of halogens is 1. The van der Waals surface area contributed by atoms with Crippen molar-refractivity contribution in [3.05, 3.63) is 0 Å². The number of aliphatic hydroxyl groups excluding tert-OH is 3. The van der Waals surface area contributed by atoms with E-state index in [0.29, 0.717) is 0 Å². The molecule has 2 aliphatic heterocycles. The Morgan fingerprint density at radius 3 is 1.98 bits per heavy atom. The molecule has 2 heterocycles. The van der Waals surface area contributed by atoms with Crippen LogP contribution in [-0.4, -0.2) is 104 Å². The van der Waals surface area contributed by atoms with Gasteiger partial charge in [0.25, 0.3) is 0 Å². The number of aliphatic hydroxyl groups is 4. The van der Waals surface area contributed by atoms with Crippen LogP contribution in [0.25, 0.3) is 0 Å². The Kier molecular flexibility index (Phi) is 7.37. The molecule has 14 heteroatoms. The van der Waals surface area contributed by atoms with Crippen molar-refractivity contribution < 1.29 is 63.3 Å². The highest BCUT2D eigenvalue weighted by atomic mass is 35.5. The van der Waals surface area contributed by atoms with Crippen molar-refractivity contribution >= 4 is 35.5 Å².